The number of ether oxygens (including phenoxy) is 1. The molecule has 4 rings (SSSR count). The molecule has 0 amide bonds. The van der Waals surface area contributed by atoms with Crippen LogP contribution in [0.4, 0.5) is 8.78 Å². The third-order valence-electron chi connectivity index (χ3n) is 4.04. The average molecular weight is 374 g/mol. The van der Waals surface area contributed by atoms with Crippen LogP contribution in [-0.2, 0) is 0 Å². The lowest BCUT2D eigenvalue weighted by atomic mass is 10.1. The van der Waals surface area contributed by atoms with Gasteiger partial charge in [0.15, 0.2) is 0 Å². The van der Waals surface area contributed by atoms with Gasteiger partial charge in [-0.3, -0.25) is 4.79 Å². The molecule has 0 saturated carbocycles. The lowest BCUT2D eigenvalue weighted by molar-refractivity contribution is 0.153. The van der Waals surface area contributed by atoms with E-state index in [9.17, 15) is 18.7 Å². The highest BCUT2D eigenvalue weighted by Gasteiger charge is 2.21. The zero-order valence-corrected chi connectivity index (χ0v) is 14.2. The molecule has 2 N–H and O–H groups in total. The zero-order valence-electron chi connectivity index (χ0n) is 13.4. The highest BCUT2D eigenvalue weighted by atomic mass is 32.1. The van der Waals surface area contributed by atoms with E-state index in [2.05, 4.69) is 9.97 Å². The van der Waals surface area contributed by atoms with Gasteiger partial charge in [0.1, 0.15) is 16.3 Å². The minimum absolute atomic E-state index is 0.152. The van der Waals surface area contributed by atoms with Crippen molar-refractivity contribution in [1.82, 2.24) is 9.97 Å². The summed E-state index contributed by atoms with van der Waals surface area (Å²) in [6.45, 7) is 0. The number of thiophene rings is 1. The van der Waals surface area contributed by atoms with Crippen LogP contribution in [0.15, 0.2) is 41.2 Å². The molecule has 0 spiro atoms. The van der Waals surface area contributed by atoms with Crippen LogP contribution in [0.3, 0.4) is 0 Å². The number of methoxy groups -OCH3 is 1. The molecule has 0 aliphatic heterocycles. The van der Waals surface area contributed by atoms with E-state index in [-0.39, 0.29) is 22.2 Å². The molecule has 3 heterocycles. The summed E-state index contributed by atoms with van der Waals surface area (Å²) in [6, 6.07) is 9.27. The van der Waals surface area contributed by atoms with Gasteiger partial charge in [-0.1, -0.05) is 12.1 Å². The number of hydrogen-bond acceptors (Lipinski definition) is 5. The number of aromatic amines is 1. The number of rotatable bonds is 3. The molecule has 26 heavy (non-hydrogen) atoms. The first-order valence-electron chi connectivity index (χ1n) is 7.60. The van der Waals surface area contributed by atoms with Crippen LogP contribution in [0.1, 0.15) is 12.0 Å². The van der Waals surface area contributed by atoms with Gasteiger partial charge in [0.25, 0.3) is 12.0 Å². The second kappa shape index (κ2) is 6.06. The Kier molecular flexibility index (Phi) is 3.84. The number of alkyl halides is 2. The molecule has 0 radical (unpaired) electrons. The van der Waals surface area contributed by atoms with E-state index < -0.39 is 12.0 Å². The predicted molar refractivity (Wildman–Crippen MR) is 96.4 cm³/mol. The summed E-state index contributed by atoms with van der Waals surface area (Å²) in [6.07, 6.45) is -2.77. The number of H-pyrrole nitrogens is 1. The van der Waals surface area contributed by atoms with Gasteiger partial charge >= 0.3 is 0 Å². The van der Waals surface area contributed by atoms with Crippen LogP contribution >= 0.6 is 11.3 Å². The second-order valence-electron chi connectivity index (χ2n) is 5.63. The Labute approximate surface area is 149 Å². The highest BCUT2D eigenvalue weighted by Crippen LogP contribution is 2.41. The van der Waals surface area contributed by atoms with E-state index in [1.807, 2.05) is 0 Å². The SMILES string of the molecule is COc1cccc(-c2cc(C(F)F)c3c(n2)sc2c(O)cc(=O)[nH]c23)c1. The smallest absolute Gasteiger partial charge is 0.264 e. The van der Waals surface area contributed by atoms with Crippen molar-refractivity contribution in [1.29, 1.82) is 0 Å². The molecule has 8 heteroatoms. The average Bonchev–Trinajstić information content (AvgIpc) is 2.99. The number of fused-ring (bicyclic) bond motifs is 3. The first-order valence-corrected chi connectivity index (χ1v) is 8.41. The first kappa shape index (κ1) is 16.5. The molecule has 0 unspecified atom stereocenters. The molecule has 3 aromatic heterocycles. The molecule has 0 saturated heterocycles. The maximum atomic E-state index is 13.7. The van der Waals surface area contributed by atoms with Gasteiger partial charge in [-0.05, 0) is 18.2 Å². The summed E-state index contributed by atoms with van der Waals surface area (Å²) in [5.74, 6) is 0.330. The van der Waals surface area contributed by atoms with Gasteiger partial charge < -0.3 is 14.8 Å². The third kappa shape index (κ3) is 2.59. The van der Waals surface area contributed by atoms with Crippen LogP contribution in [0.2, 0.25) is 0 Å². The number of nitrogens with one attached hydrogen (secondary N) is 1. The van der Waals surface area contributed by atoms with Crippen molar-refractivity contribution in [3.05, 3.63) is 52.3 Å². The lowest BCUT2D eigenvalue weighted by Crippen LogP contribution is -2.02. The van der Waals surface area contributed by atoms with E-state index in [4.69, 9.17) is 4.74 Å². The Morgan fingerprint density at radius 1 is 1.27 bits per heavy atom. The molecule has 5 nitrogen and oxygen atoms in total. The van der Waals surface area contributed by atoms with E-state index >= 15 is 0 Å². The number of pyridine rings is 2. The van der Waals surface area contributed by atoms with E-state index in [1.165, 1.54) is 13.2 Å². The Hall–Kier alpha value is -3.00. The molecular formula is C18H12F2N2O3S. The molecule has 4 aromatic rings. The molecule has 0 bridgehead atoms. The predicted octanol–water partition coefficient (Wildman–Crippen LogP) is 4.46. The van der Waals surface area contributed by atoms with Gasteiger partial charge in [0.05, 0.1) is 23.0 Å². The normalized spacial score (nSPS) is 11.5. The summed E-state index contributed by atoms with van der Waals surface area (Å²) < 4.78 is 33.0. The van der Waals surface area contributed by atoms with Gasteiger partial charge in [-0.15, -0.1) is 11.3 Å². The van der Waals surface area contributed by atoms with Crippen molar-refractivity contribution in [2.75, 3.05) is 7.11 Å². The van der Waals surface area contributed by atoms with Gasteiger partial charge in [0.2, 0.25) is 0 Å². The van der Waals surface area contributed by atoms with Gasteiger partial charge in [-0.2, -0.15) is 0 Å². The number of nitrogens with zero attached hydrogens (tertiary/aromatic N) is 1. The molecular weight excluding hydrogens is 362 g/mol. The highest BCUT2D eigenvalue weighted by molar-refractivity contribution is 7.25. The van der Waals surface area contributed by atoms with Crippen LogP contribution < -0.4 is 10.3 Å². The van der Waals surface area contributed by atoms with E-state index in [0.29, 0.717) is 26.5 Å². The van der Waals surface area contributed by atoms with Crippen LogP contribution in [0, 0.1) is 0 Å². The number of aromatic nitrogens is 2. The van der Waals surface area contributed by atoms with Crippen molar-refractivity contribution in [3.63, 3.8) is 0 Å². The molecule has 0 aliphatic carbocycles. The molecule has 0 atom stereocenters. The number of aromatic hydroxyl groups is 1. The largest absolute Gasteiger partial charge is 0.506 e. The van der Waals surface area contributed by atoms with E-state index in [0.717, 1.165) is 17.4 Å². The Balaban J connectivity index is 2.08. The monoisotopic (exact) mass is 374 g/mol. The maximum Gasteiger partial charge on any atom is 0.264 e. The van der Waals surface area contributed by atoms with Gasteiger partial charge in [0, 0.05) is 22.6 Å². The van der Waals surface area contributed by atoms with Gasteiger partial charge in [-0.25, -0.2) is 13.8 Å². The Morgan fingerprint density at radius 3 is 2.81 bits per heavy atom. The number of halogens is 2. The molecule has 0 aliphatic rings. The van der Waals surface area contributed by atoms with Crippen molar-refractivity contribution in [2.45, 2.75) is 6.43 Å². The summed E-state index contributed by atoms with van der Waals surface area (Å²) in [4.78, 5) is 19.0. The zero-order chi connectivity index (χ0) is 18.4. The summed E-state index contributed by atoms with van der Waals surface area (Å²) in [5, 5.41) is 10.1. The van der Waals surface area contributed by atoms with Crippen LogP contribution in [0.25, 0.3) is 31.7 Å². The molecule has 0 fully saturated rings. The number of benzene rings is 1. The summed E-state index contributed by atoms with van der Waals surface area (Å²) >= 11 is 1.05. The topological polar surface area (TPSA) is 75.2 Å². The van der Waals surface area contributed by atoms with E-state index in [1.54, 1.807) is 24.3 Å². The Morgan fingerprint density at radius 2 is 2.08 bits per heavy atom. The lowest BCUT2D eigenvalue weighted by Gasteiger charge is -2.08. The minimum Gasteiger partial charge on any atom is -0.506 e. The maximum absolute atomic E-state index is 13.7. The Bertz CT molecular complexity index is 1200. The first-order chi connectivity index (χ1) is 12.5. The second-order valence-corrected chi connectivity index (χ2v) is 6.63. The fourth-order valence-corrected chi connectivity index (χ4v) is 3.96. The van der Waals surface area contributed by atoms with Crippen LogP contribution in [-0.4, -0.2) is 22.2 Å². The summed E-state index contributed by atoms with van der Waals surface area (Å²) in [5.41, 5.74) is 0.352. The van der Waals surface area contributed by atoms with Crippen molar-refractivity contribution >= 4 is 31.8 Å². The van der Waals surface area contributed by atoms with Crippen molar-refractivity contribution < 1.29 is 18.6 Å². The van der Waals surface area contributed by atoms with Crippen molar-refractivity contribution in [3.8, 4) is 22.8 Å². The fourth-order valence-electron chi connectivity index (χ4n) is 2.88. The minimum atomic E-state index is -2.77. The van der Waals surface area contributed by atoms with Crippen molar-refractivity contribution in [2.24, 2.45) is 0 Å². The number of hydrogen-bond donors (Lipinski definition) is 2. The fraction of sp³-hybridized carbons (Fsp3) is 0.111. The molecule has 1 aromatic carbocycles. The molecule has 132 valence electrons. The standard InChI is InChI=1S/C18H12F2N2O3S/c1-25-9-4-2-3-8(5-9)11-6-10(17(19)20)14-15-16(26-18(14)21-11)12(23)7-13(24)22-15/h2-7,17H,1H3,(H2,22,23,24). The third-order valence-corrected chi connectivity index (χ3v) is 5.15. The quantitative estimate of drug-likeness (QED) is 0.555. The van der Waals surface area contributed by atoms with Crippen LogP contribution in [0.5, 0.6) is 11.5 Å². The summed E-state index contributed by atoms with van der Waals surface area (Å²) in [7, 11) is 1.52.